The number of rotatable bonds is 1. The number of fused-ring (bicyclic) bond motifs is 1. The number of hydrogen-bond acceptors (Lipinski definition) is 3. The van der Waals surface area contributed by atoms with E-state index in [4.69, 9.17) is 10.2 Å². The topological polar surface area (TPSA) is 59.5 Å². The second-order valence-corrected chi connectivity index (χ2v) is 5.47. The van der Waals surface area contributed by atoms with Gasteiger partial charge >= 0.3 is 0 Å². The van der Waals surface area contributed by atoms with Crippen molar-refractivity contribution in [2.24, 2.45) is 0 Å². The summed E-state index contributed by atoms with van der Waals surface area (Å²) in [6.07, 6.45) is 5.87. The number of furan rings is 1. The van der Waals surface area contributed by atoms with E-state index in [-0.39, 0.29) is 5.91 Å². The molecule has 0 saturated carbocycles. The molecular weight excluding hydrogens is 252 g/mol. The average Bonchev–Trinajstić information content (AvgIpc) is 2.80. The number of benzene rings is 1. The SMILES string of the molecule is Nc1ccc2oc(C(=O)N3CCCCCCC3)cc2c1. The summed E-state index contributed by atoms with van der Waals surface area (Å²) in [6, 6.07) is 7.24. The van der Waals surface area contributed by atoms with Crippen molar-refractivity contribution in [3.8, 4) is 0 Å². The number of hydrogen-bond donors (Lipinski definition) is 1. The Labute approximate surface area is 118 Å². The molecule has 4 heteroatoms. The lowest BCUT2D eigenvalue weighted by Gasteiger charge is -2.23. The lowest BCUT2D eigenvalue weighted by atomic mass is 10.1. The predicted molar refractivity (Wildman–Crippen MR) is 79.6 cm³/mol. The molecule has 20 heavy (non-hydrogen) atoms. The summed E-state index contributed by atoms with van der Waals surface area (Å²) in [7, 11) is 0. The van der Waals surface area contributed by atoms with Gasteiger partial charge in [-0.2, -0.15) is 0 Å². The number of nitrogens with zero attached hydrogens (tertiary/aromatic N) is 1. The Morgan fingerprint density at radius 3 is 2.50 bits per heavy atom. The van der Waals surface area contributed by atoms with Gasteiger partial charge in [0.2, 0.25) is 0 Å². The van der Waals surface area contributed by atoms with Crippen molar-refractivity contribution in [3.05, 3.63) is 30.0 Å². The average molecular weight is 272 g/mol. The van der Waals surface area contributed by atoms with Crippen LogP contribution in [-0.4, -0.2) is 23.9 Å². The third-order valence-electron chi connectivity index (χ3n) is 3.89. The Bertz CT molecular complexity index is 610. The zero-order valence-corrected chi connectivity index (χ0v) is 11.6. The van der Waals surface area contributed by atoms with Gasteiger partial charge in [-0.05, 0) is 37.1 Å². The summed E-state index contributed by atoms with van der Waals surface area (Å²) in [6.45, 7) is 1.66. The highest BCUT2D eigenvalue weighted by atomic mass is 16.3. The normalized spacial score (nSPS) is 16.9. The minimum Gasteiger partial charge on any atom is -0.451 e. The molecule has 1 aliphatic heterocycles. The molecule has 4 nitrogen and oxygen atoms in total. The van der Waals surface area contributed by atoms with Crippen LogP contribution in [-0.2, 0) is 0 Å². The molecule has 0 unspecified atom stereocenters. The lowest BCUT2D eigenvalue weighted by Crippen LogP contribution is -2.33. The largest absolute Gasteiger partial charge is 0.451 e. The van der Waals surface area contributed by atoms with Crippen LogP contribution >= 0.6 is 0 Å². The third-order valence-corrected chi connectivity index (χ3v) is 3.89. The van der Waals surface area contributed by atoms with E-state index in [2.05, 4.69) is 0 Å². The quantitative estimate of drug-likeness (QED) is 0.809. The van der Waals surface area contributed by atoms with Gasteiger partial charge in [0.05, 0.1) is 0 Å². The van der Waals surface area contributed by atoms with Crippen LogP contribution in [0.15, 0.2) is 28.7 Å². The fourth-order valence-electron chi connectivity index (χ4n) is 2.77. The zero-order chi connectivity index (χ0) is 13.9. The van der Waals surface area contributed by atoms with Crippen LogP contribution < -0.4 is 5.73 Å². The Balaban J connectivity index is 1.83. The van der Waals surface area contributed by atoms with Crippen molar-refractivity contribution in [1.82, 2.24) is 4.90 Å². The molecule has 106 valence electrons. The fourth-order valence-corrected chi connectivity index (χ4v) is 2.77. The molecule has 2 heterocycles. The highest BCUT2D eigenvalue weighted by molar-refractivity contribution is 5.96. The van der Waals surface area contributed by atoms with Crippen LogP contribution in [0.25, 0.3) is 11.0 Å². The van der Waals surface area contributed by atoms with Gasteiger partial charge in [-0.1, -0.05) is 19.3 Å². The van der Waals surface area contributed by atoms with Gasteiger partial charge in [-0.25, -0.2) is 0 Å². The summed E-state index contributed by atoms with van der Waals surface area (Å²) < 4.78 is 5.66. The summed E-state index contributed by atoms with van der Waals surface area (Å²) in [4.78, 5) is 14.4. The predicted octanol–water partition coefficient (Wildman–Crippen LogP) is 3.42. The van der Waals surface area contributed by atoms with Crippen LogP contribution in [0.5, 0.6) is 0 Å². The van der Waals surface area contributed by atoms with E-state index in [1.807, 2.05) is 17.0 Å². The number of nitrogen functional groups attached to an aromatic ring is 1. The molecule has 0 bridgehead atoms. The van der Waals surface area contributed by atoms with Crippen molar-refractivity contribution in [2.45, 2.75) is 32.1 Å². The minimum absolute atomic E-state index is 0.00155. The number of carbonyl (C=O) groups is 1. The van der Waals surface area contributed by atoms with E-state index in [9.17, 15) is 4.79 Å². The standard InChI is InChI=1S/C16H20N2O2/c17-13-6-7-14-12(10-13)11-15(20-14)16(19)18-8-4-2-1-3-5-9-18/h6-7,10-11H,1-5,8-9,17H2. The molecule has 1 aliphatic rings. The number of nitrogens with two attached hydrogens (primary N) is 1. The fraction of sp³-hybridized carbons (Fsp3) is 0.438. The van der Waals surface area contributed by atoms with Crippen molar-refractivity contribution < 1.29 is 9.21 Å². The Morgan fingerprint density at radius 1 is 1.05 bits per heavy atom. The zero-order valence-electron chi connectivity index (χ0n) is 11.6. The van der Waals surface area contributed by atoms with E-state index in [1.54, 1.807) is 12.1 Å². The van der Waals surface area contributed by atoms with Crippen molar-refractivity contribution >= 4 is 22.6 Å². The number of likely N-dealkylation sites (tertiary alicyclic amines) is 1. The molecule has 2 aromatic rings. The monoisotopic (exact) mass is 272 g/mol. The molecule has 0 aliphatic carbocycles. The summed E-state index contributed by atoms with van der Waals surface area (Å²) in [5.74, 6) is 0.424. The first kappa shape index (κ1) is 13.0. The van der Waals surface area contributed by atoms with Gasteiger partial charge < -0.3 is 15.1 Å². The molecule has 0 atom stereocenters. The second-order valence-electron chi connectivity index (χ2n) is 5.47. The van der Waals surface area contributed by atoms with Crippen LogP contribution in [0, 0.1) is 0 Å². The van der Waals surface area contributed by atoms with Crippen LogP contribution in [0.4, 0.5) is 5.69 Å². The van der Waals surface area contributed by atoms with E-state index in [1.165, 1.54) is 19.3 Å². The van der Waals surface area contributed by atoms with Gasteiger partial charge in [0.15, 0.2) is 5.76 Å². The molecule has 2 N–H and O–H groups in total. The Morgan fingerprint density at radius 2 is 1.75 bits per heavy atom. The lowest BCUT2D eigenvalue weighted by molar-refractivity contribution is 0.0713. The van der Waals surface area contributed by atoms with Crippen LogP contribution in [0.1, 0.15) is 42.7 Å². The first-order valence-corrected chi connectivity index (χ1v) is 7.32. The molecule has 0 spiro atoms. The van der Waals surface area contributed by atoms with Gasteiger partial charge in [-0.15, -0.1) is 0 Å². The number of carbonyl (C=O) groups excluding carboxylic acids is 1. The molecule has 1 fully saturated rings. The van der Waals surface area contributed by atoms with E-state index < -0.39 is 0 Å². The second kappa shape index (κ2) is 5.57. The van der Waals surface area contributed by atoms with Gasteiger partial charge in [0.25, 0.3) is 5.91 Å². The van der Waals surface area contributed by atoms with Gasteiger partial charge in [0.1, 0.15) is 5.58 Å². The molecule has 1 amide bonds. The van der Waals surface area contributed by atoms with Crippen molar-refractivity contribution in [1.29, 1.82) is 0 Å². The van der Waals surface area contributed by atoms with Crippen molar-refractivity contribution in [2.75, 3.05) is 18.8 Å². The van der Waals surface area contributed by atoms with E-state index >= 15 is 0 Å². The van der Waals surface area contributed by atoms with Crippen LogP contribution in [0.3, 0.4) is 0 Å². The molecule has 0 radical (unpaired) electrons. The number of amides is 1. The maximum Gasteiger partial charge on any atom is 0.289 e. The highest BCUT2D eigenvalue weighted by Crippen LogP contribution is 2.23. The highest BCUT2D eigenvalue weighted by Gasteiger charge is 2.20. The molecular formula is C16H20N2O2. The Hall–Kier alpha value is -1.97. The maximum atomic E-state index is 12.5. The molecule has 3 rings (SSSR count). The molecule has 1 saturated heterocycles. The van der Waals surface area contributed by atoms with Crippen molar-refractivity contribution in [3.63, 3.8) is 0 Å². The smallest absolute Gasteiger partial charge is 0.289 e. The molecule has 1 aromatic heterocycles. The summed E-state index contributed by atoms with van der Waals surface area (Å²) in [5.41, 5.74) is 7.15. The first-order chi connectivity index (χ1) is 9.74. The molecule has 1 aromatic carbocycles. The van der Waals surface area contributed by atoms with Gasteiger partial charge in [0, 0.05) is 24.2 Å². The number of anilines is 1. The van der Waals surface area contributed by atoms with E-state index in [0.29, 0.717) is 11.4 Å². The van der Waals surface area contributed by atoms with Gasteiger partial charge in [-0.3, -0.25) is 4.79 Å². The summed E-state index contributed by atoms with van der Waals surface area (Å²) in [5, 5.41) is 0.889. The minimum atomic E-state index is 0.00155. The Kier molecular flexibility index (Phi) is 3.63. The van der Waals surface area contributed by atoms with E-state index in [0.717, 1.165) is 36.9 Å². The van der Waals surface area contributed by atoms with Crippen LogP contribution in [0.2, 0.25) is 0 Å². The maximum absolute atomic E-state index is 12.5. The summed E-state index contributed by atoms with van der Waals surface area (Å²) >= 11 is 0. The first-order valence-electron chi connectivity index (χ1n) is 7.32. The third kappa shape index (κ3) is 2.64.